The Hall–Kier alpha value is -4.29. The summed E-state index contributed by atoms with van der Waals surface area (Å²) >= 11 is 0. The van der Waals surface area contributed by atoms with E-state index in [0.717, 1.165) is 51.2 Å². The first-order chi connectivity index (χ1) is 21.8. The molecule has 3 aromatic carbocycles. The number of hydrogen-bond acceptors (Lipinski definition) is 5. The molecule has 1 aliphatic carbocycles. The number of nitrogens with one attached hydrogen (secondary N) is 1. The van der Waals surface area contributed by atoms with E-state index < -0.39 is 12.2 Å². The first-order valence-corrected chi connectivity index (χ1v) is 16.0. The lowest BCUT2D eigenvalue weighted by atomic mass is 9.80. The smallest absolute Gasteiger partial charge is 0.308 e. The number of benzene rings is 3. The van der Waals surface area contributed by atoms with Crippen LogP contribution in [0, 0.1) is 17.7 Å². The van der Waals surface area contributed by atoms with Gasteiger partial charge in [0.1, 0.15) is 11.9 Å². The molecule has 2 heterocycles. The van der Waals surface area contributed by atoms with Crippen LogP contribution < -0.4 is 5.32 Å². The molecule has 3 aromatic rings. The lowest BCUT2D eigenvalue weighted by Gasteiger charge is -2.29. The highest BCUT2D eigenvalue weighted by Crippen LogP contribution is 2.52. The predicted octanol–water partition coefficient (Wildman–Crippen LogP) is 7.53. The van der Waals surface area contributed by atoms with Gasteiger partial charge in [0.25, 0.3) is 0 Å². The van der Waals surface area contributed by atoms with Crippen LogP contribution >= 0.6 is 0 Å². The summed E-state index contributed by atoms with van der Waals surface area (Å²) in [4.78, 5) is 26.6. The molecule has 6 heteroatoms. The Morgan fingerprint density at radius 1 is 0.933 bits per heavy atom. The molecule has 45 heavy (non-hydrogen) atoms. The highest BCUT2D eigenvalue weighted by atomic mass is 19.1. The molecule has 3 aliphatic rings. The number of carbonyl (C=O) groups is 2. The van der Waals surface area contributed by atoms with Gasteiger partial charge >= 0.3 is 5.97 Å². The summed E-state index contributed by atoms with van der Waals surface area (Å²) in [6, 6.07) is 26.7. The standard InChI is InChI=1S/C39H40FNO4/c1-24(2)35-32(19-18-31-21-30(42)22-34(44)45-31)36(26-13-16-29(40)17-14-26)37(25-9-5-3-6-10-25)38(35)33(43)20-15-28-23-41-39(28)27-11-7-4-8-12-27/h3-14,16-17,24,30-32,41-42H,15,18-23H2,1-2H3/t30-,31?,32?/m1/s1. The number of ketones is 1. The molecule has 2 aliphatic heterocycles. The van der Waals surface area contributed by atoms with Crippen LogP contribution in [-0.2, 0) is 14.3 Å². The molecule has 0 bridgehead atoms. The number of rotatable bonds is 11. The normalized spacial score (nSPS) is 21.6. The molecule has 0 radical (unpaired) electrons. The Morgan fingerprint density at radius 3 is 2.20 bits per heavy atom. The second-order valence-corrected chi connectivity index (χ2v) is 12.6. The van der Waals surface area contributed by atoms with E-state index >= 15 is 0 Å². The Balaban J connectivity index is 1.41. The van der Waals surface area contributed by atoms with Crippen molar-refractivity contribution in [2.45, 2.75) is 64.6 Å². The lowest BCUT2D eigenvalue weighted by Crippen LogP contribution is -2.33. The third-order valence-electron chi connectivity index (χ3n) is 9.21. The summed E-state index contributed by atoms with van der Waals surface area (Å²) in [6.07, 6.45) is 1.55. The molecular formula is C39H40FNO4. The van der Waals surface area contributed by atoms with Crippen molar-refractivity contribution in [1.82, 2.24) is 5.32 Å². The molecule has 0 saturated carbocycles. The van der Waals surface area contributed by atoms with Gasteiger partial charge in [0.05, 0.1) is 12.5 Å². The largest absolute Gasteiger partial charge is 0.462 e. The summed E-state index contributed by atoms with van der Waals surface area (Å²) in [6.45, 7) is 5.02. The SMILES string of the molecule is CC(C)C1=C(C(=O)CCC2=C(c3ccccc3)NC2)C(c2ccccc2)=C(c2ccc(F)cc2)C1CCC1C[C@@H](O)CC(=O)O1. The van der Waals surface area contributed by atoms with Gasteiger partial charge in [-0.3, -0.25) is 9.59 Å². The van der Waals surface area contributed by atoms with Gasteiger partial charge in [-0.15, -0.1) is 0 Å². The predicted molar refractivity (Wildman–Crippen MR) is 175 cm³/mol. The van der Waals surface area contributed by atoms with Gasteiger partial charge in [0, 0.05) is 36.6 Å². The first-order valence-electron chi connectivity index (χ1n) is 16.0. The van der Waals surface area contributed by atoms with Crippen molar-refractivity contribution in [3.63, 3.8) is 0 Å². The number of Topliss-reactive ketones (excluding diaryl/α,β-unsaturated/α-hetero) is 1. The summed E-state index contributed by atoms with van der Waals surface area (Å²) < 4.78 is 19.8. The van der Waals surface area contributed by atoms with Crippen LogP contribution in [0.1, 0.15) is 69.1 Å². The molecule has 1 saturated heterocycles. The number of allylic oxidation sites excluding steroid dienone is 4. The second kappa shape index (κ2) is 13.4. The fourth-order valence-electron chi connectivity index (χ4n) is 7.16. The quantitative estimate of drug-likeness (QED) is 0.221. The van der Waals surface area contributed by atoms with Crippen LogP contribution in [0.15, 0.2) is 102 Å². The van der Waals surface area contributed by atoms with Crippen molar-refractivity contribution >= 4 is 28.6 Å². The van der Waals surface area contributed by atoms with E-state index in [4.69, 9.17) is 4.74 Å². The maximum atomic E-state index is 14.5. The molecule has 0 amide bonds. The molecule has 232 valence electrons. The number of ether oxygens (including phenoxy) is 1. The average molecular weight is 606 g/mol. The summed E-state index contributed by atoms with van der Waals surface area (Å²) in [5.74, 6) is -0.662. The Morgan fingerprint density at radius 2 is 1.60 bits per heavy atom. The van der Waals surface area contributed by atoms with E-state index in [1.54, 1.807) is 12.1 Å². The number of esters is 1. The van der Waals surface area contributed by atoms with E-state index in [1.165, 1.54) is 17.7 Å². The van der Waals surface area contributed by atoms with Crippen LogP contribution in [0.3, 0.4) is 0 Å². The molecule has 2 N–H and O–H groups in total. The molecular weight excluding hydrogens is 565 g/mol. The fraction of sp³-hybridized carbons (Fsp3) is 0.333. The number of halogens is 1. The van der Waals surface area contributed by atoms with Crippen molar-refractivity contribution in [1.29, 1.82) is 0 Å². The molecule has 3 atom stereocenters. The number of hydrogen-bond donors (Lipinski definition) is 2. The van der Waals surface area contributed by atoms with Gasteiger partial charge in [0.15, 0.2) is 5.78 Å². The lowest BCUT2D eigenvalue weighted by molar-refractivity contribution is -0.160. The van der Waals surface area contributed by atoms with Gasteiger partial charge in [-0.1, -0.05) is 86.6 Å². The highest BCUT2D eigenvalue weighted by Gasteiger charge is 2.40. The molecule has 5 nitrogen and oxygen atoms in total. The Kier molecular flexibility index (Phi) is 9.13. The summed E-state index contributed by atoms with van der Waals surface area (Å²) in [7, 11) is 0. The van der Waals surface area contributed by atoms with Crippen molar-refractivity contribution in [2.24, 2.45) is 11.8 Å². The monoisotopic (exact) mass is 605 g/mol. The van der Waals surface area contributed by atoms with Gasteiger partial charge in [-0.2, -0.15) is 0 Å². The topological polar surface area (TPSA) is 75.6 Å². The van der Waals surface area contributed by atoms with E-state index in [2.05, 4.69) is 31.3 Å². The first kappa shape index (κ1) is 30.7. The van der Waals surface area contributed by atoms with E-state index in [9.17, 15) is 19.1 Å². The van der Waals surface area contributed by atoms with E-state index in [1.807, 2.05) is 48.5 Å². The summed E-state index contributed by atoms with van der Waals surface area (Å²) in [5, 5.41) is 13.7. The maximum absolute atomic E-state index is 14.5. The average Bonchev–Trinajstić information content (AvgIpc) is 3.36. The van der Waals surface area contributed by atoms with Crippen molar-refractivity contribution < 1.29 is 23.8 Å². The third-order valence-corrected chi connectivity index (χ3v) is 9.21. The molecule has 2 unspecified atom stereocenters. The van der Waals surface area contributed by atoms with Gasteiger partial charge in [-0.25, -0.2) is 4.39 Å². The minimum atomic E-state index is -0.708. The zero-order chi connectivity index (χ0) is 31.5. The van der Waals surface area contributed by atoms with E-state index in [0.29, 0.717) is 32.1 Å². The highest BCUT2D eigenvalue weighted by molar-refractivity contribution is 6.20. The van der Waals surface area contributed by atoms with Gasteiger partial charge in [-0.05, 0) is 76.3 Å². The van der Waals surface area contributed by atoms with Crippen molar-refractivity contribution in [2.75, 3.05) is 6.54 Å². The second-order valence-electron chi connectivity index (χ2n) is 12.6. The fourth-order valence-corrected chi connectivity index (χ4v) is 7.16. The minimum Gasteiger partial charge on any atom is -0.462 e. The van der Waals surface area contributed by atoms with E-state index in [-0.39, 0.29) is 35.8 Å². The van der Waals surface area contributed by atoms with Crippen molar-refractivity contribution in [3.8, 4) is 0 Å². The van der Waals surface area contributed by atoms with Crippen LogP contribution in [0.4, 0.5) is 4.39 Å². The van der Waals surface area contributed by atoms with Crippen LogP contribution in [0.25, 0.3) is 16.8 Å². The molecule has 0 spiro atoms. The van der Waals surface area contributed by atoms with Crippen LogP contribution in [-0.4, -0.2) is 35.6 Å². The number of carbonyl (C=O) groups excluding carboxylic acids is 2. The zero-order valence-electron chi connectivity index (χ0n) is 25.9. The van der Waals surface area contributed by atoms with Gasteiger partial charge in [0.2, 0.25) is 0 Å². The van der Waals surface area contributed by atoms with Gasteiger partial charge < -0.3 is 15.2 Å². The third kappa shape index (κ3) is 6.57. The molecule has 1 fully saturated rings. The van der Waals surface area contributed by atoms with Crippen LogP contribution in [0.5, 0.6) is 0 Å². The zero-order valence-corrected chi connectivity index (χ0v) is 25.9. The molecule has 0 aromatic heterocycles. The van der Waals surface area contributed by atoms with Crippen molar-refractivity contribution in [3.05, 3.63) is 124 Å². The number of aliphatic hydroxyl groups is 1. The minimum absolute atomic E-state index is 0.0204. The number of aliphatic hydroxyl groups excluding tert-OH is 1. The maximum Gasteiger partial charge on any atom is 0.308 e. The summed E-state index contributed by atoms with van der Waals surface area (Å²) in [5.41, 5.74) is 9.06. The molecule has 6 rings (SSSR count). The van der Waals surface area contributed by atoms with Crippen LogP contribution in [0.2, 0.25) is 0 Å². The Labute approximate surface area is 264 Å². The number of cyclic esters (lactones) is 1. The Bertz CT molecular complexity index is 1650.